The topological polar surface area (TPSA) is 93.5 Å². The molecule has 0 aliphatic rings. The second kappa shape index (κ2) is 7.26. The number of anilines is 2. The van der Waals surface area contributed by atoms with Gasteiger partial charge in [-0.1, -0.05) is 6.07 Å². The lowest BCUT2D eigenvalue weighted by molar-refractivity contribution is -0.384. The number of carbonyl (C=O) groups is 1. The van der Waals surface area contributed by atoms with Crippen molar-refractivity contribution in [3.05, 3.63) is 58.6 Å². The number of methoxy groups -OCH3 is 1. The van der Waals surface area contributed by atoms with E-state index in [1.165, 1.54) is 12.1 Å². The summed E-state index contributed by atoms with van der Waals surface area (Å²) in [5.41, 5.74) is 1.12. The number of hydrogen-bond donors (Lipinski definition) is 2. The van der Waals surface area contributed by atoms with Crippen LogP contribution in [-0.2, 0) is 4.79 Å². The largest absolute Gasteiger partial charge is 0.497 e. The molecular formula is C16H17N3O4. The number of rotatable bonds is 6. The van der Waals surface area contributed by atoms with Crippen molar-refractivity contribution in [3.63, 3.8) is 0 Å². The molecule has 0 aliphatic heterocycles. The van der Waals surface area contributed by atoms with Crippen LogP contribution in [0.15, 0.2) is 48.5 Å². The maximum absolute atomic E-state index is 12.2. The fourth-order valence-corrected chi connectivity index (χ4v) is 1.95. The minimum atomic E-state index is -0.556. The van der Waals surface area contributed by atoms with Gasteiger partial charge in [0.2, 0.25) is 5.91 Å². The molecule has 2 rings (SSSR count). The number of non-ortho nitro benzene ring substituents is 1. The highest BCUT2D eigenvalue weighted by atomic mass is 16.6. The molecule has 0 saturated carbocycles. The first kappa shape index (κ1) is 16.3. The molecule has 2 aromatic carbocycles. The van der Waals surface area contributed by atoms with Gasteiger partial charge in [0.15, 0.2) is 0 Å². The predicted octanol–water partition coefficient (Wildman–Crippen LogP) is 3.04. The summed E-state index contributed by atoms with van der Waals surface area (Å²) in [6.07, 6.45) is 0. The van der Waals surface area contributed by atoms with Gasteiger partial charge in [0.1, 0.15) is 11.8 Å². The van der Waals surface area contributed by atoms with Gasteiger partial charge in [0.25, 0.3) is 5.69 Å². The number of hydrogen-bond acceptors (Lipinski definition) is 5. The minimum Gasteiger partial charge on any atom is -0.497 e. The normalized spacial score (nSPS) is 11.4. The summed E-state index contributed by atoms with van der Waals surface area (Å²) < 4.78 is 5.05. The summed E-state index contributed by atoms with van der Waals surface area (Å²) in [4.78, 5) is 22.4. The highest BCUT2D eigenvalue weighted by Gasteiger charge is 2.14. The molecule has 0 aromatic heterocycles. The summed E-state index contributed by atoms with van der Waals surface area (Å²) in [5, 5.41) is 16.5. The lowest BCUT2D eigenvalue weighted by Gasteiger charge is -2.15. The maximum atomic E-state index is 12.2. The third kappa shape index (κ3) is 4.44. The number of ether oxygens (including phenoxy) is 1. The zero-order chi connectivity index (χ0) is 16.8. The molecule has 0 fully saturated rings. The van der Waals surface area contributed by atoms with Crippen LogP contribution in [0.4, 0.5) is 17.1 Å². The zero-order valence-electron chi connectivity index (χ0n) is 12.8. The van der Waals surface area contributed by atoms with Crippen molar-refractivity contribution in [1.29, 1.82) is 0 Å². The van der Waals surface area contributed by atoms with E-state index in [4.69, 9.17) is 4.74 Å². The molecule has 0 aliphatic carbocycles. The highest BCUT2D eigenvalue weighted by Crippen LogP contribution is 2.19. The van der Waals surface area contributed by atoms with Crippen molar-refractivity contribution in [2.45, 2.75) is 13.0 Å². The Morgan fingerprint density at radius 1 is 1.17 bits per heavy atom. The van der Waals surface area contributed by atoms with Crippen LogP contribution in [0.25, 0.3) is 0 Å². The molecular weight excluding hydrogens is 298 g/mol. The molecule has 120 valence electrons. The van der Waals surface area contributed by atoms with E-state index in [1.54, 1.807) is 50.4 Å². The molecule has 2 aromatic rings. The number of carbonyl (C=O) groups excluding carboxylic acids is 1. The van der Waals surface area contributed by atoms with E-state index in [-0.39, 0.29) is 11.6 Å². The third-order valence-electron chi connectivity index (χ3n) is 3.19. The molecule has 0 spiro atoms. The number of nitro groups is 1. The van der Waals surface area contributed by atoms with Crippen LogP contribution in [0.1, 0.15) is 6.92 Å². The van der Waals surface area contributed by atoms with E-state index in [2.05, 4.69) is 10.6 Å². The van der Waals surface area contributed by atoms with E-state index in [1.807, 2.05) is 0 Å². The summed E-state index contributed by atoms with van der Waals surface area (Å²) in [6, 6.07) is 12.4. The first-order chi connectivity index (χ1) is 11.0. The van der Waals surface area contributed by atoms with Crippen molar-refractivity contribution in [2.24, 2.45) is 0 Å². The van der Waals surface area contributed by atoms with Gasteiger partial charge < -0.3 is 15.4 Å². The fraction of sp³-hybridized carbons (Fsp3) is 0.188. The van der Waals surface area contributed by atoms with Crippen LogP contribution in [0.2, 0.25) is 0 Å². The predicted molar refractivity (Wildman–Crippen MR) is 87.8 cm³/mol. The zero-order valence-corrected chi connectivity index (χ0v) is 12.8. The van der Waals surface area contributed by atoms with E-state index < -0.39 is 11.0 Å². The minimum absolute atomic E-state index is 0.0298. The van der Waals surface area contributed by atoms with Crippen LogP contribution in [0.3, 0.4) is 0 Å². The average molecular weight is 315 g/mol. The second-order valence-corrected chi connectivity index (χ2v) is 4.89. The second-order valence-electron chi connectivity index (χ2n) is 4.89. The van der Waals surface area contributed by atoms with Crippen LogP contribution in [0.5, 0.6) is 5.75 Å². The summed E-state index contributed by atoms with van der Waals surface area (Å²) in [6.45, 7) is 1.68. The smallest absolute Gasteiger partial charge is 0.271 e. The van der Waals surface area contributed by atoms with E-state index in [0.29, 0.717) is 17.1 Å². The molecule has 2 N–H and O–H groups in total. The molecule has 0 bridgehead atoms. The molecule has 23 heavy (non-hydrogen) atoms. The Morgan fingerprint density at radius 2 is 1.87 bits per heavy atom. The Morgan fingerprint density at radius 3 is 2.48 bits per heavy atom. The molecule has 0 heterocycles. The first-order valence-electron chi connectivity index (χ1n) is 6.95. The highest BCUT2D eigenvalue weighted by molar-refractivity contribution is 5.96. The molecule has 0 unspecified atom stereocenters. The fourth-order valence-electron chi connectivity index (χ4n) is 1.95. The number of amides is 1. The van der Waals surface area contributed by atoms with Crippen LogP contribution in [0, 0.1) is 10.1 Å². The van der Waals surface area contributed by atoms with Crippen LogP contribution >= 0.6 is 0 Å². The molecule has 0 saturated heterocycles. The molecule has 7 heteroatoms. The Bertz CT molecular complexity index is 701. The number of nitro benzene ring substituents is 1. The Hall–Kier alpha value is -3.09. The standard InChI is InChI=1S/C16H17N3O4/c1-11(17-13-4-3-5-14(10-13)19(21)22)16(20)18-12-6-8-15(23-2)9-7-12/h3-11,17H,1-2H3,(H,18,20)/t11-/m0/s1. The van der Waals surface area contributed by atoms with Crippen LogP contribution in [-0.4, -0.2) is 24.0 Å². The van der Waals surface area contributed by atoms with Gasteiger partial charge in [-0.25, -0.2) is 0 Å². The lowest BCUT2D eigenvalue weighted by atomic mass is 10.2. The number of nitrogens with one attached hydrogen (secondary N) is 2. The monoisotopic (exact) mass is 315 g/mol. The Balaban J connectivity index is 1.99. The molecule has 1 amide bonds. The third-order valence-corrected chi connectivity index (χ3v) is 3.19. The van der Waals surface area contributed by atoms with Gasteiger partial charge in [0, 0.05) is 23.5 Å². The van der Waals surface area contributed by atoms with Crippen molar-refractivity contribution in [1.82, 2.24) is 0 Å². The van der Waals surface area contributed by atoms with E-state index in [9.17, 15) is 14.9 Å². The number of nitrogens with zero attached hydrogens (tertiary/aromatic N) is 1. The van der Waals surface area contributed by atoms with Gasteiger partial charge in [-0.05, 0) is 37.3 Å². The molecule has 0 radical (unpaired) electrons. The van der Waals surface area contributed by atoms with Crippen molar-refractivity contribution in [2.75, 3.05) is 17.7 Å². The van der Waals surface area contributed by atoms with Gasteiger partial charge >= 0.3 is 0 Å². The van der Waals surface area contributed by atoms with Gasteiger partial charge in [0.05, 0.1) is 12.0 Å². The van der Waals surface area contributed by atoms with Gasteiger partial charge in [-0.2, -0.15) is 0 Å². The maximum Gasteiger partial charge on any atom is 0.271 e. The summed E-state index contributed by atoms with van der Waals surface area (Å²) in [5.74, 6) is 0.451. The summed E-state index contributed by atoms with van der Waals surface area (Å²) in [7, 11) is 1.57. The number of benzene rings is 2. The molecule has 1 atom stereocenters. The van der Waals surface area contributed by atoms with E-state index >= 15 is 0 Å². The first-order valence-corrected chi connectivity index (χ1v) is 6.95. The van der Waals surface area contributed by atoms with Crippen molar-refractivity contribution >= 4 is 23.0 Å². The lowest BCUT2D eigenvalue weighted by Crippen LogP contribution is -2.31. The Kier molecular flexibility index (Phi) is 5.14. The average Bonchev–Trinajstić information content (AvgIpc) is 2.55. The van der Waals surface area contributed by atoms with Gasteiger partial charge in [-0.3, -0.25) is 14.9 Å². The molecule has 7 nitrogen and oxygen atoms in total. The van der Waals surface area contributed by atoms with Crippen molar-refractivity contribution in [3.8, 4) is 5.75 Å². The van der Waals surface area contributed by atoms with E-state index in [0.717, 1.165) is 0 Å². The van der Waals surface area contributed by atoms with Gasteiger partial charge in [-0.15, -0.1) is 0 Å². The van der Waals surface area contributed by atoms with Crippen LogP contribution < -0.4 is 15.4 Å². The SMILES string of the molecule is COc1ccc(NC(=O)[C@H](C)Nc2cccc([N+](=O)[O-])c2)cc1. The summed E-state index contributed by atoms with van der Waals surface area (Å²) >= 11 is 0. The Labute approximate surface area is 133 Å². The van der Waals surface area contributed by atoms with Crippen molar-refractivity contribution < 1.29 is 14.5 Å². The quantitative estimate of drug-likeness (QED) is 0.631.